The monoisotopic (exact) mass is 321 g/mol. The SMILES string of the molecule is CCNC(=NCc1ccccc1F)NCC1(CCOCC)CC1. The van der Waals surface area contributed by atoms with Gasteiger partial charge in [-0.3, -0.25) is 0 Å². The molecule has 23 heavy (non-hydrogen) atoms. The average molecular weight is 321 g/mol. The van der Waals surface area contributed by atoms with E-state index in [1.165, 1.54) is 18.9 Å². The van der Waals surface area contributed by atoms with Gasteiger partial charge in [-0.2, -0.15) is 0 Å². The van der Waals surface area contributed by atoms with Crippen LogP contribution in [0.2, 0.25) is 0 Å². The van der Waals surface area contributed by atoms with Gasteiger partial charge in [-0.05, 0) is 44.6 Å². The predicted molar refractivity (Wildman–Crippen MR) is 92.0 cm³/mol. The van der Waals surface area contributed by atoms with Gasteiger partial charge in [0.15, 0.2) is 5.96 Å². The second-order valence-electron chi connectivity index (χ2n) is 6.09. The predicted octanol–water partition coefficient (Wildman–Crippen LogP) is 3.09. The van der Waals surface area contributed by atoms with E-state index in [0.29, 0.717) is 17.5 Å². The van der Waals surface area contributed by atoms with Crippen molar-refractivity contribution < 1.29 is 9.13 Å². The zero-order valence-electron chi connectivity index (χ0n) is 14.2. The summed E-state index contributed by atoms with van der Waals surface area (Å²) in [7, 11) is 0. The van der Waals surface area contributed by atoms with Crippen LogP contribution in [0.25, 0.3) is 0 Å². The maximum Gasteiger partial charge on any atom is 0.191 e. The Hall–Kier alpha value is -1.62. The lowest BCUT2D eigenvalue weighted by molar-refractivity contribution is 0.128. The Labute approximate surface area is 138 Å². The first-order valence-electron chi connectivity index (χ1n) is 8.52. The largest absolute Gasteiger partial charge is 0.382 e. The van der Waals surface area contributed by atoms with E-state index in [-0.39, 0.29) is 5.82 Å². The number of hydrogen-bond acceptors (Lipinski definition) is 2. The first-order valence-corrected chi connectivity index (χ1v) is 8.52. The summed E-state index contributed by atoms with van der Waals surface area (Å²) in [6.45, 7) is 7.67. The lowest BCUT2D eigenvalue weighted by Gasteiger charge is -2.18. The van der Waals surface area contributed by atoms with Crippen molar-refractivity contribution in [2.75, 3.05) is 26.3 Å². The van der Waals surface area contributed by atoms with Crippen molar-refractivity contribution in [2.45, 2.75) is 39.7 Å². The number of hydrogen-bond donors (Lipinski definition) is 2. The molecule has 0 saturated heterocycles. The lowest BCUT2D eigenvalue weighted by Crippen LogP contribution is -2.40. The summed E-state index contributed by atoms with van der Waals surface area (Å²) >= 11 is 0. The maximum absolute atomic E-state index is 13.7. The van der Waals surface area contributed by atoms with Crippen molar-refractivity contribution in [3.8, 4) is 0 Å². The fourth-order valence-electron chi connectivity index (χ4n) is 2.53. The van der Waals surface area contributed by atoms with Gasteiger partial charge in [0.2, 0.25) is 0 Å². The van der Waals surface area contributed by atoms with E-state index in [4.69, 9.17) is 4.74 Å². The van der Waals surface area contributed by atoms with Crippen molar-refractivity contribution in [3.05, 3.63) is 35.6 Å². The highest BCUT2D eigenvalue weighted by molar-refractivity contribution is 5.79. The van der Waals surface area contributed by atoms with Gasteiger partial charge in [-0.25, -0.2) is 9.38 Å². The molecule has 0 bridgehead atoms. The van der Waals surface area contributed by atoms with Gasteiger partial charge in [0.1, 0.15) is 5.82 Å². The second kappa shape index (κ2) is 8.87. The molecule has 1 fully saturated rings. The number of benzene rings is 1. The van der Waals surface area contributed by atoms with Gasteiger partial charge in [0, 0.05) is 31.9 Å². The Morgan fingerprint density at radius 3 is 2.70 bits per heavy atom. The molecule has 1 aromatic rings. The van der Waals surface area contributed by atoms with Gasteiger partial charge in [-0.1, -0.05) is 18.2 Å². The number of nitrogens with one attached hydrogen (secondary N) is 2. The molecule has 0 atom stereocenters. The molecule has 0 unspecified atom stereocenters. The quantitative estimate of drug-likeness (QED) is 0.417. The van der Waals surface area contributed by atoms with Crippen LogP contribution in [0.1, 0.15) is 38.7 Å². The van der Waals surface area contributed by atoms with Crippen molar-refractivity contribution >= 4 is 5.96 Å². The van der Waals surface area contributed by atoms with Crippen molar-refractivity contribution in [1.29, 1.82) is 0 Å². The van der Waals surface area contributed by atoms with Crippen LogP contribution in [0.4, 0.5) is 4.39 Å². The zero-order valence-corrected chi connectivity index (χ0v) is 14.2. The number of nitrogens with zero attached hydrogens (tertiary/aromatic N) is 1. The smallest absolute Gasteiger partial charge is 0.191 e. The third-order valence-electron chi connectivity index (χ3n) is 4.28. The molecule has 2 rings (SSSR count). The Morgan fingerprint density at radius 1 is 1.26 bits per heavy atom. The highest BCUT2D eigenvalue weighted by Crippen LogP contribution is 2.48. The van der Waals surface area contributed by atoms with Crippen LogP contribution < -0.4 is 10.6 Å². The molecule has 2 N–H and O–H groups in total. The molecule has 0 amide bonds. The van der Waals surface area contributed by atoms with Gasteiger partial charge >= 0.3 is 0 Å². The number of halogens is 1. The van der Waals surface area contributed by atoms with Crippen molar-refractivity contribution in [3.63, 3.8) is 0 Å². The Kier molecular flexibility index (Phi) is 6.84. The van der Waals surface area contributed by atoms with Crippen LogP contribution in [0, 0.1) is 11.2 Å². The van der Waals surface area contributed by atoms with Crippen molar-refractivity contribution in [1.82, 2.24) is 10.6 Å². The third-order valence-corrected chi connectivity index (χ3v) is 4.28. The molecule has 0 spiro atoms. The standard InChI is InChI=1S/C18H28FN3O/c1-3-20-17(21-13-15-7-5-6-8-16(15)19)22-14-18(9-10-18)11-12-23-4-2/h5-8H,3-4,9-14H2,1-2H3,(H2,20,21,22). The summed E-state index contributed by atoms with van der Waals surface area (Å²) in [5, 5.41) is 6.63. The summed E-state index contributed by atoms with van der Waals surface area (Å²) in [6, 6.07) is 6.77. The minimum absolute atomic E-state index is 0.206. The molecule has 0 heterocycles. The van der Waals surface area contributed by atoms with E-state index in [9.17, 15) is 4.39 Å². The Balaban J connectivity index is 1.86. The minimum Gasteiger partial charge on any atom is -0.382 e. The van der Waals surface area contributed by atoms with Crippen LogP contribution in [-0.4, -0.2) is 32.3 Å². The molecule has 0 aromatic heterocycles. The van der Waals surface area contributed by atoms with E-state index in [1.807, 2.05) is 19.9 Å². The maximum atomic E-state index is 13.7. The van der Waals surface area contributed by atoms with E-state index in [2.05, 4.69) is 15.6 Å². The van der Waals surface area contributed by atoms with Crippen LogP contribution >= 0.6 is 0 Å². The lowest BCUT2D eigenvalue weighted by atomic mass is 10.0. The highest BCUT2D eigenvalue weighted by Gasteiger charge is 2.41. The van der Waals surface area contributed by atoms with Gasteiger partial charge in [0.25, 0.3) is 0 Å². The van der Waals surface area contributed by atoms with Crippen molar-refractivity contribution in [2.24, 2.45) is 10.4 Å². The van der Waals surface area contributed by atoms with Crippen LogP contribution in [0.5, 0.6) is 0 Å². The molecule has 0 radical (unpaired) electrons. The number of rotatable bonds is 9. The fourth-order valence-corrected chi connectivity index (χ4v) is 2.53. The average Bonchev–Trinajstić information content (AvgIpc) is 3.32. The number of aliphatic imine (C=N–C) groups is 1. The summed E-state index contributed by atoms with van der Waals surface area (Å²) in [6.07, 6.45) is 3.56. The molecule has 4 nitrogen and oxygen atoms in total. The number of guanidine groups is 1. The van der Waals surface area contributed by atoms with E-state index >= 15 is 0 Å². The Bertz CT molecular complexity index is 515. The molecule has 0 aliphatic heterocycles. The van der Waals surface area contributed by atoms with E-state index in [1.54, 1.807) is 12.1 Å². The summed E-state index contributed by atoms with van der Waals surface area (Å²) in [4.78, 5) is 4.50. The molecule has 128 valence electrons. The minimum atomic E-state index is -0.206. The van der Waals surface area contributed by atoms with E-state index in [0.717, 1.165) is 38.7 Å². The van der Waals surface area contributed by atoms with Gasteiger partial charge in [0.05, 0.1) is 6.54 Å². The summed E-state index contributed by atoms with van der Waals surface area (Å²) < 4.78 is 19.1. The van der Waals surface area contributed by atoms with Gasteiger partial charge in [-0.15, -0.1) is 0 Å². The molecule has 1 saturated carbocycles. The molecular weight excluding hydrogens is 293 g/mol. The zero-order chi connectivity index (χ0) is 16.5. The first-order chi connectivity index (χ1) is 11.2. The topological polar surface area (TPSA) is 45.7 Å². The molecular formula is C18H28FN3O. The van der Waals surface area contributed by atoms with Crippen LogP contribution in [0.3, 0.4) is 0 Å². The Morgan fingerprint density at radius 2 is 2.04 bits per heavy atom. The molecule has 1 aliphatic carbocycles. The number of ether oxygens (including phenoxy) is 1. The highest BCUT2D eigenvalue weighted by atomic mass is 19.1. The first kappa shape index (κ1) is 17.7. The summed E-state index contributed by atoms with van der Waals surface area (Å²) in [5.74, 6) is 0.543. The fraction of sp³-hybridized carbons (Fsp3) is 0.611. The van der Waals surface area contributed by atoms with Gasteiger partial charge < -0.3 is 15.4 Å². The molecule has 1 aromatic carbocycles. The third kappa shape index (κ3) is 5.82. The molecule has 5 heteroatoms. The van der Waals surface area contributed by atoms with Crippen LogP contribution in [0.15, 0.2) is 29.3 Å². The van der Waals surface area contributed by atoms with E-state index < -0.39 is 0 Å². The molecule has 1 aliphatic rings. The normalized spacial score (nSPS) is 16.2. The summed E-state index contributed by atoms with van der Waals surface area (Å²) in [5.41, 5.74) is 0.964. The second-order valence-corrected chi connectivity index (χ2v) is 6.09. The van der Waals surface area contributed by atoms with Crippen LogP contribution in [-0.2, 0) is 11.3 Å².